The molecule has 2 nitrogen and oxygen atoms in total. The van der Waals surface area contributed by atoms with E-state index in [9.17, 15) is 4.79 Å². The Morgan fingerprint density at radius 2 is 1.12 bits per heavy atom. The van der Waals surface area contributed by atoms with Crippen molar-refractivity contribution >= 4 is 5.91 Å². The fraction of sp³-hybridized carbons (Fsp3) is 0.500. The van der Waals surface area contributed by atoms with Crippen molar-refractivity contribution in [1.82, 2.24) is 0 Å². The van der Waals surface area contributed by atoms with Crippen molar-refractivity contribution in [1.29, 1.82) is 0 Å². The predicted molar refractivity (Wildman–Crippen MR) is 138 cm³/mol. The molecule has 2 aromatic rings. The van der Waals surface area contributed by atoms with E-state index in [0.29, 0.717) is 0 Å². The van der Waals surface area contributed by atoms with Gasteiger partial charge in [0.25, 0.3) is 0 Å². The van der Waals surface area contributed by atoms with Gasteiger partial charge in [-0.1, -0.05) is 131 Å². The molecule has 2 aromatic carbocycles. The highest BCUT2D eigenvalue weighted by atomic mass is 16.1. The molecule has 0 unspecified atom stereocenters. The first-order valence-corrected chi connectivity index (χ1v) is 12.8. The van der Waals surface area contributed by atoms with Crippen LogP contribution in [0.25, 0.3) is 0 Å². The minimum atomic E-state index is -0.750. The van der Waals surface area contributed by atoms with Crippen molar-refractivity contribution in [2.24, 2.45) is 5.73 Å². The topological polar surface area (TPSA) is 43.1 Å². The number of amides is 1. The first-order valence-electron chi connectivity index (χ1n) is 12.8. The van der Waals surface area contributed by atoms with Crippen LogP contribution < -0.4 is 5.73 Å². The van der Waals surface area contributed by atoms with E-state index in [1.165, 1.54) is 57.8 Å². The van der Waals surface area contributed by atoms with E-state index in [1.807, 2.05) is 60.7 Å². The Labute approximate surface area is 196 Å². The molecule has 2 N–H and O–H groups in total. The van der Waals surface area contributed by atoms with Gasteiger partial charge in [0.2, 0.25) is 5.91 Å². The van der Waals surface area contributed by atoms with Gasteiger partial charge in [0.1, 0.15) is 0 Å². The number of unbranched alkanes of at least 4 members (excludes halogenated alkanes) is 10. The van der Waals surface area contributed by atoms with Crippen molar-refractivity contribution in [3.05, 3.63) is 83.9 Å². The van der Waals surface area contributed by atoms with Crippen molar-refractivity contribution < 1.29 is 4.79 Å². The monoisotopic (exact) mass is 433 g/mol. The summed E-state index contributed by atoms with van der Waals surface area (Å²) in [6, 6.07) is 20.1. The lowest BCUT2D eigenvalue weighted by Gasteiger charge is -2.32. The van der Waals surface area contributed by atoms with Gasteiger partial charge in [0.15, 0.2) is 0 Å². The second kappa shape index (κ2) is 15.5. The van der Waals surface area contributed by atoms with Crippen LogP contribution in [-0.4, -0.2) is 5.91 Å². The molecular formula is C30H43NO. The third kappa shape index (κ3) is 8.30. The van der Waals surface area contributed by atoms with Crippen LogP contribution in [-0.2, 0) is 10.2 Å². The van der Waals surface area contributed by atoms with E-state index < -0.39 is 5.41 Å². The molecular weight excluding hydrogens is 390 g/mol. The summed E-state index contributed by atoms with van der Waals surface area (Å²) in [5.74, 6) is -0.257. The molecule has 0 aliphatic carbocycles. The van der Waals surface area contributed by atoms with Crippen molar-refractivity contribution in [2.75, 3.05) is 0 Å². The Balaban J connectivity index is 1.76. The molecule has 0 spiro atoms. The minimum absolute atomic E-state index is 0.257. The summed E-state index contributed by atoms with van der Waals surface area (Å²) in [5, 5.41) is 0. The second-order valence-electron chi connectivity index (χ2n) is 8.98. The number of carbonyl (C=O) groups excluding carboxylic acids is 1. The van der Waals surface area contributed by atoms with Crippen LogP contribution in [0.4, 0.5) is 0 Å². The Hall–Kier alpha value is -2.35. The molecule has 0 heterocycles. The summed E-state index contributed by atoms with van der Waals surface area (Å²) < 4.78 is 0. The summed E-state index contributed by atoms with van der Waals surface area (Å²) in [6.45, 7) is 2.27. The van der Waals surface area contributed by atoms with Crippen molar-refractivity contribution in [3.63, 3.8) is 0 Å². The Morgan fingerprint density at radius 3 is 1.59 bits per heavy atom. The quantitative estimate of drug-likeness (QED) is 0.199. The zero-order valence-electron chi connectivity index (χ0n) is 20.1. The molecule has 0 atom stereocenters. The van der Waals surface area contributed by atoms with Crippen LogP contribution in [0, 0.1) is 0 Å². The Bertz CT molecular complexity index is 726. The number of hydrogen-bond acceptors (Lipinski definition) is 1. The number of allylic oxidation sites excluding steroid dienone is 2. The van der Waals surface area contributed by atoms with E-state index in [4.69, 9.17) is 5.73 Å². The number of hydrogen-bond donors (Lipinski definition) is 1. The third-order valence-corrected chi connectivity index (χ3v) is 6.52. The number of primary amides is 1. The van der Waals surface area contributed by atoms with E-state index in [2.05, 4.69) is 19.1 Å². The molecule has 174 valence electrons. The van der Waals surface area contributed by atoms with Gasteiger partial charge in [-0.3, -0.25) is 4.79 Å². The summed E-state index contributed by atoms with van der Waals surface area (Å²) in [5.41, 5.74) is 7.28. The summed E-state index contributed by atoms with van der Waals surface area (Å²) in [7, 11) is 0. The molecule has 0 radical (unpaired) electrons. The smallest absolute Gasteiger partial charge is 0.232 e. The molecule has 0 saturated carbocycles. The minimum Gasteiger partial charge on any atom is -0.369 e. The normalized spacial score (nSPS) is 11.8. The van der Waals surface area contributed by atoms with Crippen LogP contribution in [0.2, 0.25) is 0 Å². The Morgan fingerprint density at radius 1 is 0.688 bits per heavy atom. The molecule has 2 rings (SSSR count). The SMILES string of the molecule is CCCCCCCC/C=C\CCCCCCC(C(N)=O)(c1ccccc1)c1ccccc1. The lowest BCUT2D eigenvalue weighted by atomic mass is 9.70. The van der Waals surface area contributed by atoms with Crippen LogP contribution >= 0.6 is 0 Å². The van der Waals surface area contributed by atoms with Gasteiger partial charge in [0.05, 0.1) is 5.41 Å². The summed E-state index contributed by atoms with van der Waals surface area (Å²) >= 11 is 0. The highest BCUT2D eigenvalue weighted by Crippen LogP contribution is 2.37. The molecule has 0 saturated heterocycles. The van der Waals surface area contributed by atoms with Gasteiger partial charge in [-0.15, -0.1) is 0 Å². The first-order chi connectivity index (χ1) is 15.7. The van der Waals surface area contributed by atoms with Gasteiger partial charge >= 0.3 is 0 Å². The molecule has 2 heteroatoms. The second-order valence-corrected chi connectivity index (χ2v) is 8.98. The first kappa shape index (κ1) is 25.9. The van der Waals surface area contributed by atoms with E-state index in [0.717, 1.165) is 36.8 Å². The highest BCUT2D eigenvalue weighted by Gasteiger charge is 2.39. The number of rotatable bonds is 17. The van der Waals surface area contributed by atoms with Gasteiger partial charge < -0.3 is 5.73 Å². The molecule has 32 heavy (non-hydrogen) atoms. The maximum absolute atomic E-state index is 12.8. The molecule has 0 bridgehead atoms. The molecule has 0 aliphatic rings. The van der Waals surface area contributed by atoms with Gasteiger partial charge in [-0.05, 0) is 43.2 Å². The van der Waals surface area contributed by atoms with Crippen LogP contribution in [0.5, 0.6) is 0 Å². The van der Waals surface area contributed by atoms with E-state index >= 15 is 0 Å². The maximum atomic E-state index is 12.8. The van der Waals surface area contributed by atoms with Gasteiger partial charge in [-0.25, -0.2) is 0 Å². The van der Waals surface area contributed by atoms with Crippen molar-refractivity contribution in [2.45, 2.75) is 95.8 Å². The number of carbonyl (C=O) groups is 1. The number of benzene rings is 2. The molecule has 1 amide bonds. The molecule has 0 fully saturated rings. The van der Waals surface area contributed by atoms with Gasteiger partial charge in [-0.2, -0.15) is 0 Å². The standard InChI is InChI=1S/C30H43NO/c1-2-3-4-5-6-7-8-9-10-11-12-13-14-21-26-30(29(31)32,27-22-17-15-18-23-27)28-24-19-16-20-25-28/h9-10,15-20,22-25H,2-8,11-14,21,26H2,1H3,(H2,31,32)/b10-9-. The average Bonchev–Trinajstić information content (AvgIpc) is 2.83. The van der Waals surface area contributed by atoms with Gasteiger partial charge in [0, 0.05) is 0 Å². The Kier molecular flexibility index (Phi) is 12.5. The lowest BCUT2D eigenvalue weighted by molar-refractivity contribution is -0.122. The molecule has 0 aliphatic heterocycles. The fourth-order valence-electron chi connectivity index (χ4n) is 4.59. The largest absolute Gasteiger partial charge is 0.369 e. The zero-order valence-corrected chi connectivity index (χ0v) is 20.1. The average molecular weight is 434 g/mol. The van der Waals surface area contributed by atoms with Crippen molar-refractivity contribution in [3.8, 4) is 0 Å². The third-order valence-electron chi connectivity index (χ3n) is 6.52. The highest BCUT2D eigenvalue weighted by molar-refractivity contribution is 5.90. The van der Waals surface area contributed by atoms with Crippen LogP contribution in [0.15, 0.2) is 72.8 Å². The fourth-order valence-corrected chi connectivity index (χ4v) is 4.59. The zero-order chi connectivity index (χ0) is 22.9. The summed E-state index contributed by atoms with van der Waals surface area (Å²) in [4.78, 5) is 12.8. The maximum Gasteiger partial charge on any atom is 0.232 e. The lowest BCUT2D eigenvalue weighted by Crippen LogP contribution is -2.42. The van der Waals surface area contributed by atoms with Crippen LogP contribution in [0.3, 0.4) is 0 Å². The predicted octanol–water partition coefficient (Wildman–Crippen LogP) is 8.11. The van der Waals surface area contributed by atoms with E-state index in [-0.39, 0.29) is 5.91 Å². The van der Waals surface area contributed by atoms with E-state index in [1.54, 1.807) is 0 Å². The van der Waals surface area contributed by atoms with Crippen LogP contribution in [0.1, 0.15) is 102 Å². The molecule has 0 aromatic heterocycles. The number of nitrogens with two attached hydrogens (primary N) is 1. The summed E-state index contributed by atoms with van der Waals surface area (Å²) in [6.07, 6.45) is 20.6.